The van der Waals surface area contributed by atoms with E-state index in [0.717, 1.165) is 54.8 Å². The average Bonchev–Trinajstić information content (AvgIpc) is 3.28. The molecular formula is C32H36N4O3. The molecule has 6 aliphatic rings. The molecule has 4 aliphatic carbocycles. The maximum atomic E-state index is 13.4. The van der Waals surface area contributed by atoms with Crippen molar-refractivity contribution in [2.75, 3.05) is 23.4 Å². The molecular weight excluding hydrogens is 488 g/mol. The SMILES string of the molecule is CCc1ccc(C(=O)N2CCC3=NN(c4ccc(NC(=O)C56CC7CC(CC(C7)C5)C6)cc4)C(=O)C3C2)cc1. The summed E-state index contributed by atoms with van der Waals surface area (Å²) >= 11 is 0. The lowest BCUT2D eigenvalue weighted by Gasteiger charge is -2.55. The number of hydrazone groups is 1. The van der Waals surface area contributed by atoms with Gasteiger partial charge in [-0.2, -0.15) is 5.10 Å². The van der Waals surface area contributed by atoms with Crippen LogP contribution in [0.3, 0.4) is 0 Å². The molecule has 3 amide bonds. The van der Waals surface area contributed by atoms with Crippen molar-refractivity contribution in [1.29, 1.82) is 0 Å². The van der Waals surface area contributed by atoms with Gasteiger partial charge >= 0.3 is 0 Å². The molecule has 202 valence electrons. The maximum absolute atomic E-state index is 13.4. The second-order valence-electron chi connectivity index (χ2n) is 12.5. The van der Waals surface area contributed by atoms with Gasteiger partial charge in [0.15, 0.2) is 0 Å². The lowest BCUT2D eigenvalue weighted by atomic mass is 9.49. The van der Waals surface area contributed by atoms with E-state index in [9.17, 15) is 14.4 Å². The molecule has 4 bridgehead atoms. The van der Waals surface area contributed by atoms with Crippen LogP contribution in [0.15, 0.2) is 53.6 Å². The summed E-state index contributed by atoms with van der Waals surface area (Å²) < 4.78 is 0. The molecule has 7 heteroatoms. The van der Waals surface area contributed by atoms with Crippen molar-refractivity contribution >= 4 is 34.8 Å². The molecule has 1 unspecified atom stereocenters. The topological polar surface area (TPSA) is 82.1 Å². The van der Waals surface area contributed by atoms with Crippen molar-refractivity contribution in [2.45, 2.75) is 58.3 Å². The van der Waals surface area contributed by atoms with Crippen LogP contribution in [-0.4, -0.2) is 41.4 Å². The Hall–Kier alpha value is -3.48. The van der Waals surface area contributed by atoms with Gasteiger partial charge in [0.25, 0.3) is 11.8 Å². The number of carbonyl (C=O) groups is 3. The summed E-state index contributed by atoms with van der Waals surface area (Å²) in [6, 6.07) is 15.2. The summed E-state index contributed by atoms with van der Waals surface area (Å²) in [7, 11) is 0. The summed E-state index contributed by atoms with van der Waals surface area (Å²) in [6.45, 7) is 2.99. The van der Waals surface area contributed by atoms with Crippen molar-refractivity contribution in [2.24, 2.45) is 34.2 Å². The van der Waals surface area contributed by atoms with E-state index in [2.05, 4.69) is 17.3 Å². The van der Waals surface area contributed by atoms with Crippen LogP contribution in [0, 0.1) is 29.1 Å². The maximum Gasteiger partial charge on any atom is 0.258 e. The van der Waals surface area contributed by atoms with Crippen molar-refractivity contribution in [1.82, 2.24) is 4.90 Å². The Morgan fingerprint density at radius 2 is 1.59 bits per heavy atom. The molecule has 2 aliphatic heterocycles. The highest BCUT2D eigenvalue weighted by atomic mass is 16.2. The number of amides is 3. The highest BCUT2D eigenvalue weighted by molar-refractivity contribution is 6.16. The molecule has 2 aromatic carbocycles. The Bertz CT molecular complexity index is 1310. The largest absolute Gasteiger partial charge is 0.337 e. The minimum absolute atomic E-state index is 0.0397. The van der Waals surface area contributed by atoms with Gasteiger partial charge in [-0.05, 0) is 105 Å². The molecule has 7 nitrogen and oxygen atoms in total. The number of hydrogen-bond acceptors (Lipinski definition) is 4. The van der Waals surface area contributed by atoms with Gasteiger partial charge in [0.2, 0.25) is 5.91 Å². The smallest absolute Gasteiger partial charge is 0.258 e. The molecule has 5 fully saturated rings. The van der Waals surface area contributed by atoms with Crippen molar-refractivity contribution in [3.8, 4) is 0 Å². The van der Waals surface area contributed by atoms with Gasteiger partial charge in [0.05, 0.1) is 22.7 Å². The van der Waals surface area contributed by atoms with E-state index in [0.29, 0.717) is 30.8 Å². The number of rotatable bonds is 5. The monoisotopic (exact) mass is 524 g/mol. The van der Waals surface area contributed by atoms with Crippen molar-refractivity contribution in [3.05, 3.63) is 59.7 Å². The molecule has 1 saturated heterocycles. The van der Waals surface area contributed by atoms with Crippen LogP contribution in [0.2, 0.25) is 0 Å². The number of benzene rings is 2. The molecule has 1 atom stereocenters. The molecule has 0 radical (unpaired) electrons. The van der Waals surface area contributed by atoms with Gasteiger partial charge in [-0.15, -0.1) is 0 Å². The summed E-state index contributed by atoms with van der Waals surface area (Å²) in [5.41, 5.74) is 3.94. The van der Waals surface area contributed by atoms with E-state index >= 15 is 0 Å². The molecule has 2 heterocycles. The highest BCUT2D eigenvalue weighted by Gasteiger charge is 2.54. The van der Waals surface area contributed by atoms with Crippen LogP contribution >= 0.6 is 0 Å². The fourth-order valence-corrected chi connectivity index (χ4v) is 8.28. The quantitative estimate of drug-likeness (QED) is 0.579. The Morgan fingerprint density at radius 3 is 2.21 bits per heavy atom. The molecule has 0 aromatic heterocycles. The van der Waals surface area contributed by atoms with E-state index in [1.165, 1.54) is 29.8 Å². The predicted octanol–water partition coefficient (Wildman–Crippen LogP) is 5.27. The Labute approximate surface area is 229 Å². The van der Waals surface area contributed by atoms with E-state index in [1.54, 1.807) is 4.90 Å². The zero-order valence-electron chi connectivity index (χ0n) is 22.6. The fourth-order valence-electron chi connectivity index (χ4n) is 8.28. The van der Waals surface area contributed by atoms with Gasteiger partial charge in [-0.25, -0.2) is 5.01 Å². The van der Waals surface area contributed by atoms with Crippen LogP contribution in [0.25, 0.3) is 0 Å². The number of hydrogen-bond donors (Lipinski definition) is 1. The normalized spacial score (nSPS) is 30.8. The van der Waals surface area contributed by atoms with Crippen molar-refractivity contribution in [3.63, 3.8) is 0 Å². The molecule has 4 saturated carbocycles. The number of nitrogens with zero attached hydrogens (tertiary/aromatic N) is 3. The van der Waals surface area contributed by atoms with Crippen LogP contribution in [0.5, 0.6) is 0 Å². The van der Waals surface area contributed by atoms with Crippen molar-refractivity contribution < 1.29 is 14.4 Å². The third-order valence-corrected chi connectivity index (χ3v) is 9.96. The number of carbonyl (C=O) groups excluding carboxylic acids is 3. The van der Waals surface area contributed by atoms with Gasteiger partial charge < -0.3 is 10.2 Å². The summed E-state index contributed by atoms with van der Waals surface area (Å²) in [6.07, 6.45) is 8.56. The van der Waals surface area contributed by atoms with Crippen LogP contribution in [-0.2, 0) is 16.0 Å². The number of nitrogens with one attached hydrogen (secondary N) is 1. The number of piperidine rings is 1. The molecule has 1 N–H and O–H groups in total. The van der Waals surface area contributed by atoms with Gasteiger partial charge in [-0.3, -0.25) is 14.4 Å². The van der Waals surface area contributed by atoms with E-state index in [-0.39, 0.29) is 23.1 Å². The zero-order chi connectivity index (χ0) is 26.7. The highest BCUT2D eigenvalue weighted by Crippen LogP contribution is 2.60. The van der Waals surface area contributed by atoms with Crippen LogP contribution in [0.1, 0.15) is 67.8 Å². The Morgan fingerprint density at radius 1 is 0.949 bits per heavy atom. The molecule has 2 aromatic rings. The van der Waals surface area contributed by atoms with E-state index < -0.39 is 5.92 Å². The summed E-state index contributed by atoms with van der Waals surface area (Å²) in [5.74, 6) is 1.79. The van der Waals surface area contributed by atoms with E-state index in [4.69, 9.17) is 0 Å². The molecule has 0 spiro atoms. The minimum atomic E-state index is -0.409. The Balaban J connectivity index is 1.00. The van der Waals surface area contributed by atoms with Gasteiger partial charge in [0.1, 0.15) is 0 Å². The first-order valence-electron chi connectivity index (χ1n) is 14.6. The number of aryl methyl sites for hydroxylation is 1. The van der Waals surface area contributed by atoms with Crippen LogP contribution < -0.4 is 10.3 Å². The van der Waals surface area contributed by atoms with E-state index in [1.807, 2.05) is 48.5 Å². The van der Waals surface area contributed by atoms with Gasteiger partial charge in [-0.1, -0.05) is 19.1 Å². The Kier molecular flexibility index (Phi) is 5.87. The van der Waals surface area contributed by atoms with Gasteiger partial charge in [0, 0.05) is 30.8 Å². The van der Waals surface area contributed by atoms with Crippen LogP contribution in [0.4, 0.5) is 11.4 Å². The second-order valence-corrected chi connectivity index (χ2v) is 12.5. The standard InChI is InChI=1S/C32H36N4O3/c1-2-20-3-5-24(6-4-20)29(37)35-12-11-28-27(19-35)30(38)36(34-28)26-9-7-25(8-10-26)33-31(39)32-16-21-13-22(17-32)15-23(14-21)18-32/h3-10,21-23,27H,2,11-19H2,1H3,(H,33,39). The first-order valence-corrected chi connectivity index (χ1v) is 14.6. The number of likely N-dealkylation sites (tertiary alicyclic amines) is 1. The third kappa shape index (κ3) is 4.26. The lowest BCUT2D eigenvalue weighted by molar-refractivity contribution is -0.140. The lowest BCUT2D eigenvalue weighted by Crippen LogP contribution is -2.51. The summed E-state index contributed by atoms with van der Waals surface area (Å²) in [5, 5.41) is 9.31. The first kappa shape index (κ1) is 24.6. The second kappa shape index (κ2) is 9.32. The predicted molar refractivity (Wildman–Crippen MR) is 150 cm³/mol. The zero-order valence-corrected chi connectivity index (χ0v) is 22.6. The third-order valence-electron chi connectivity index (χ3n) is 9.96. The summed E-state index contributed by atoms with van der Waals surface area (Å²) in [4.78, 5) is 41.6. The average molecular weight is 525 g/mol. The molecule has 39 heavy (non-hydrogen) atoms. The number of anilines is 2. The first-order chi connectivity index (χ1) is 18.9. The minimum Gasteiger partial charge on any atom is -0.337 e. The molecule has 8 rings (SSSR count). The fraction of sp³-hybridized carbons (Fsp3) is 0.500. The number of fused-ring (bicyclic) bond motifs is 1.